The van der Waals surface area contributed by atoms with Gasteiger partial charge in [0.05, 0.1) is 16.4 Å². The van der Waals surface area contributed by atoms with Crippen LogP contribution in [0, 0.1) is 10.1 Å². The molecule has 1 aliphatic rings. The van der Waals surface area contributed by atoms with E-state index in [1.165, 1.54) is 12.1 Å². The second-order valence-electron chi connectivity index (χ2n) is 8.42. The van der Waals surface area contributed by atoms with Crippen LogP contribution in [0.3, 0.4) is 0 Å². The van der Waals surface area contributed by atoms with Gasteiger partial charge in [-0.05, 0) is 63.9 Å². The molecule has 36 heavy (non-hydrogen) atoms. The van der Waals surface area contributed by atoms with Gasteiger partial charge in [-0.25, -0.2) is 0 Å². The van der Waals surface area contributed by atoms with Crippen LogP contribution in [0.1, 0.15) is 22.3 Å². The zero-order valence-corrected chi connectivity index (χ0v) is 19.8. The predicted octanol–water partition coefficient (Wildman–Crippen LogP) is 6.28. The molecule has 4 aromatic carbocycles. The molecule has 0 saturated carbocycles. The van der Waals surface area contributed by atoms with Gasteiger partial charge in [-0.1, -0.05) is 66.7 Å². The molecule has 5 rings (SSSR count). The zero-order chi connectivity index (χ0) is 25.2. The number of fused-ring (bicyclic) bond motifs is 1. The molecule has 0 aromatic heterocycles. The molecule has 1 N–H and O–H groups in total. The Bertz CT molecular complexity index is 1550. The van der Waals surface area contributed by atoms with Gasteiger partial charge in [0.1, 0.15) is 0 Å². The van der Waals surface area contributed by atoms with Crippen molar-refractivity contribution < 1.29 is 19.6 Å². The Kier molecular flexibility index (Phi) is 6.26. The average molecular weight is 497 g/mol. The molecule has 1 saturated heterocycles. The topological polar surface area (TPSA) is 101 Å². The summed E-state index contributed by atoms with van der Waals surface area (Å²) >= 11 is 0.750. The Morgan fingerprint density at radius 1 is 0.861 bits per heavy atom. The smallest absolute Gasteiger partial charge is 0.311 e. The minimum atomic E-state index is -0.660. The van der Waals surface area contributed by atoms with Crippen LogP contribution in [0.4, 0.5) is 10.5 Å². The number of aromatic hydroxyl groups is 1. The first kappa shape index (κ1) is 23.3. The summed E-state index contributed by atoms with van der Waals surface area (Å²) in [6, 6.07) is 25.9. The second kappa shape index (κ2) is 9.67. The number of benzene rings is 4. The van der Waals surface area contributed by atoms with Crippen LogP contribution in [0.5, 0.6) is 5.75 Å². The monoisotopic (exact) mass is 496 g/mol. The SMILES string of the molecule is O=C1S/C(=C\c2cc(Cc3ccccc3)cc([N+](=O)[O-])c2O)C(=O)N1Cc1ccc2ccccc2c1. The van der Waals surface area contributed by atoms with Gasteiger partial charge < -0.3 is 5.11 Å². The van der Waals surface area contributed by atoms with Crippen molar-refractivity contribution in [2.45, 2.75) is 13.0 Å². The summed E-state index contributed by atoms with van der Waals surface area (Å²) < 4.78 is 0. The highest BCUT2D eigenvalue weighted by molar-refractivity contribution is 8.18. The summed E-state index contributed by atoms with van der Waals surface area (Å²) in [4.78, 5) is 37.9. The number of phenols is 1. The van der Waals surface area contributed by atoms with Crippen molar-refractivity contribution in [2.75, 3.05) is 0 Å². The number of nitrogens with zero attached hydrogens (tertiary/aromatic N) is 2. The molecule has 0 radical (unpaired) electrons. The number of amides is 2. The maximum Gasteiger partial charge on any atom is 0.311 e. The summed E-state index contributed by atoms with van der Waals surface area (Å²) in [5, 5.41) is 23.8. The Balaban J connectivity index is 1.45. The number of imide groups is 1. The Labute approximate surface area is 210 Å². The highest BCUT2D eigenvalue weighted by atomic mass is 32.2. The zero-order valence-electron chi connectivity index (χ0n) is 19.0. The number of hydrogen-bond donors (Lipinski definition) is 1. The molecule has 4 aromatic rings. The number of nitro benzene ring substituents is 1. The Hall–Kier alpha value is -4.43. The van der Waals surface area contributed by atoms with E-state index in [1.54, 1.807) is 6.07 Å². The van der Waals surface area contributed by atoms with E-state index in [-0.39, 0.29) is 17.0 Å². The molecule has 0 unspecified atom stereocenters. The van der Waals surface area contributed by atoms with Crippen molar-refractivity contribution in [3.63, 3.8) is 0 Å². The molecular formula is C28H20N2O5S. The van der Waals surface area contributed by atoms with Gasteiger partial charge in [-0.3, -0.25) is 24.6 Å². The van der Waals surface area contributed by atoms with Crippen molar-refractivity contribution in [2.24, 2.45) is 0 Å². The first-order valence-corrected chi connectivity index (χ1v) is 12.0. The highest BCUT2D eigenvalue weighted by Crippen LogP contribution is 2.38. The van der Waals surface area contributed by atoms with E-state index in [9.17, 15) is 24.8 Å². The lowest BCUT2D eigenvalue weighted by Crippen LogP contribution is -2.27. The van der Waals surface area contributed by atoms with Crippen molar-refractivity contribution in [3.05, 3.63) is 122 Å². The molecule has 0 spiro atoms. The third-order valence-electron chi connectivity index (χ3n) is 5.94. The van der Waals surface area contributed by atoms with Crippen LogP contribution in [0.2, 0.25) is 0 Å². The molecule has 1 fully saturated rings. The number of thioether (sulfide) groups is 1. The maximum absolute atomic E-state index is 13.1. The summed E-state index contributed by atoms with van der Waals surface area (Å²) in [6.07, 6.45) is 1.76. The molecule has 7 nitrogen and oxygen atoms in total. The number of phenolic OH excluding ortho intramolecular Hbond substituents is 1. The Morgan fingerprint density at radius 3 is 2.33 bits per heavy atom. The number of carbonyl (C=O) groups is 2. The lowest BCUT2D eigenvalue weighted by atomic mass is 10.0. The fourth-order valence-electron chi connectivity index (χ4n) is 4.18. The standard InChI is InChI=1S/C28H20N2O5S/c31-26-23(14-20(15-24(26)30(34)35)12-18-6-2-1-3-7-18)16-25-27(32)29(28(33)36-25)17-19-10-11-21-8-4-5-9-22(21)13-19/h1-11,13-16,31H,12,17H2/b25-16-. The van der Waals surface area contributed by atoms with E-state index in [4.69, 9.17) is 0 Å². The largest absolute Gasteiger partial charge is 0.502 e. The van der Waals surface area contributed by atoms with Crippen LogP contribution in [0.15, 0.2) is 89.8 Å². The summed E-state index contributed by atoms with van der Waals surface area (Å²) in [7, 11) is 0. The van der Waals surface area contributed by atoms with Gasteiger partial charge in [0, 0.05) is 11.6 Å². The van der Waals surface area contributed by atoms with E-state index in [0.29, 0.717) is 12.0 Å². The van der Waals surface area contributed by atoms with Crippen LogP contribution in [-0.4, -0.2) is 26.1 Å². The van der Waals surface area contributed by atoms with Gasteiger partial charge >= 0.3 is 5.69 Å². The van der Waals surface area contributed by atoms with E-state index in [0.717, 1.165) is 38.6 Å². The fourth-order valence-corrected chi connectivity index (χ4v) is 5.01. The van der Waals surface area contributed by atoms with Crippen molar-refractivity contribution >= 4 is 45.4 Å². The lowest BCUT2D eigenvalue weighted by Gasteiger charge is -2.13. The molecule has 1 aliphatic heterocycles. The quantitative estimate of drug-likeness (QED) is 0.192. The van der Waals surface area contributed by atoms with E-state index < -0.39 is 27.5 Å². The van der Waals surface area contributed by atoms with Gasteiger partial charge in [0.2, 0.25) is 5.75 Å². The molecular weight excluding hydrogens is 476 g/mol. The number of hydrogen-bond acceptors (Lipinski definition) is 6. The molecule has 0 bridgehead atoms. The normalized spacial score (nSPS) is 14.7. The summed E-state index contributed by atoms with van der Waals surface area (Å²) in [5.74, 6) is -1.05. The van der Waals surface area contributed by atoms with Crippen molar-refractivity contribution in [3.8, 4) is 5.75 Å². The average Bonchev–Trinajstić information content (AvgIpc) is 3.13. The van der Waals surface area contributed by atoms with Crippen LogP contribution >= 0.6 is 11.8 Å². The van der Waals surface area contributed by atoms with Gasteiger partial charge in [-0.2, -0.15) is 0 Å². The first-order valence-electron chi connectivity index (χ1n) is 11.2. The van der Waals surface area contributed by atoms with Crippen molar-refractivity contribution in [1.82, 2.24) is 4.90 Å². The maximum atomic E-state index is 13.1. The third-order valence-corrected chi connectivity index (χ3v) is 6.85. The predicted molar refractivity (Wildman–Crippen MR) is 139 cm³/mol. The van der Waals surface area contributed by atoms with Crippen molar-refractivity contribution in [1.29, 1.82) is 0 Å². The minimum absolute atomic E-state index is 0.0993. The van der Waals surface area contributed by atoms with Gasteiger partial charge in [0.15, 0.2) is 0 Å². The summed E-state index contributed by atoms with van der Waals surface area (Å²) in [6.45, 7) is 0.104. The molecule has 2 amide bonds. The molecule has 0 aliphatic carbocycles. The van der Waals surface area contributed by atoms with Crippen LogP contribution < -0.4 is 0 Å². The molecule has 8 heteroatoms. The minimum Gasteiger partial charge on any atom is -0.502 e. The van der Waals surface area contributed by atoms with E-state index in [2.05, 4.69) is 0 Å². The van der Waals surface area contributed by atoms with Crippen LogP contribution in [0.25, 0.3) is 16.8 Å². The third kappa shape index (κ3) is 4.71. The second-order valence-corrected chi connectivity index (χ2v) is 9.41. The molecule has 0 atom stereocenters. The molecule has 178 valence electrons. The van der Waals surface area contributed by atoms with E-state index >= 15 is 0 Å². The van der Waals surface area contributed by atoms with Gasteiger partial charge in [-0.15, -0.1) is 0 Å². The number of carbonyl (C=O) groups excluding carboxylic acids is 2. The van der Waals surface area contributed by atoms with E-state index in [1.807, 2.05) is 72.8 Å². The fraction of sp³-hybridized carbons (Fsp3) is 0.0714. The lowest BCUT2D eigenvalue weighted by molar-refractivity contribution is -0.385. The van der Waals surface area contributed by atoms with Crippen LogP contribution in [-0.2, 0) is 17.8 Å². The van der Waals surface area contributed by atoms with Gasteiger partial charge in [0.25, 0.3) is 11.1 Å². The summed E-state index contributed by atoms with van der Waals surface area (Å²) in [5.41, 5.74) is 2.02. The number of nitro groups is 1. The number of rotatable bonds is 6. The first-order chi connectivity index (χ1) is 17.4. The Morgan fingerprint density at radius 2 is 1.58 bits per heavy atom. The highest BCUT2D eigenvalue weighted by Gasteiger charge is 2.35. The molecule has 1 heterocycles.